The van der Waals surface area contributed by atoms with Gasteiger partial charge in [-0.3, -0.25) is 4.79 Å². The number of fused-ring (bicyclic) bond motifs is 2. The molecule has 0 N–H and O–H groups in total. The number of aryl methyl sites for hydroxylation is 1. The molecule has 0 spiro atoms. The Morgan fingerprint density at radius 2 is 1.90 bits per heavy atom. The van der Waals surface area contributed by atoms with Crippen molar-refractivity contribution in [3.8, 4) is 11.5 Å². The van der Waals surface area contributed by atoms with E-state index in [9.17, 15) is 14.0 Å². The summed E-state index contributed by atoms with van der Waals surface area (Å²) < 4.78 is 35.3. The number of furan rings is 1. The van der Waals surface area contributed by atoms with Crippen LogP contribution in [0.5, 0.6) is 11.5 Å². The molecular formula is C22H20FNO6. The molecule has 0 fully saturated rings. The minimum atomic E-state index is -0.816. The maximum absolute atomic E-state index is 13.9. The first kappa shape index (κ1) is 19.8. The normalized spacial score (nSPS) is 12.6. The molecule has 2 heterocycles. The smallest absolute Gasteiger partial charge is 0.375 e. The van der Waals surface area contributed by atoms with Crippen LogP contribution in [0.4, 0.5) is 4.39 Å². The standard InChI is InChI=1S/C22H20FNO6/c1-13-15-4-3-5-16(23)21(15)30-20(13)22(26)29-12-19(25)24(2)11-14-6-7-17-18(10-14)28-9-8-27-17/h3-7,10H,8-9,11-12H2,1-2H3. The SMILES string of the molecule is Cc1c(C(=O)OCC(=O)N(C)Cc2ccc3c(c2)OCCO3)oc2c(F)cccc12. The van der Waals surface area contributed by atoms with Crippen LogP contribution in [0, 0.1) is 12.7 Å². The van der Waals surface area contributed by atoms with Gasteiger partial charge in [0.1, 0.15) is 13.2 Å². The summed E-state index contributed by atoms with van der Waals surface area (Å²) >= 11 is 0. The molecule has 0 saturated heterocycles. The minimum Gasteiger partial charge on any atom is -0.486 e. The number of esters is 1. The van der Waals surface area contributed by atoms with Gasteiger partial charge in [-0.05, 0) is 30.7 Å². The molecule has 0 atom stereocenters. The van der Waals surface area contributed by atoms with Gasteiger partial charge >= 0.3 is 5.97 Å². The van der Waals surface area contributed by atoms with E-state index >= 15 is 0 Å². The second kappa shape index (κ2) is 8.06. The molecule has 1 aliphatic heterocycles. The van der Waals surface area contributed by atoms with Crippen LogP contribution >= 0.6 is 0 Å². The summed E-state index contributed by atoms with van der Waals surface area (Å²) in [6.07, 6.45) is 0. The fourth-order valence-corrected chi connectivity index (χ4v) is 3.25. The lowest BCUT2D eigenvalue weighted by Gasteiger charge is -2.21. The maximum Gasteiger partial charge on any atom is 0.375 e. The van der Waals surface area contributed by atoms with Crippen molar-refractivity contribution < 1.29 is 32.6 Å². The molecular weight excluding hydrogens is 393 g/mol. The van der Waals surface area contributed by atoms with Gasteiger partial charge in [0.2, 0.25) is 5.76 Å². The summed E-state index contributed by atoms with van der Waals surface area (Å²) in [5.41, 5.74) is 1.31. The molecule has 0 unspecified atom stereocenters. The molecule has 0 saturated carbocycles. The van der Waals surface area contributed by atoms with Gasteiger partial charge < -0.3 is 23.5 Å². The molecule has 1 amide bonds. The van der Waals surface area contributed by atoms with Gasteiger partial charge in [-0.2, -0.15) is 0 Å². The molecule has 156 valence electrons. The van der Waals surface area contributed by atoms with Crippen molar-refractivity contribution in [2.24, 2.45) is 0 Å². The van der Waals surface area contributed by atoms with Crippen LogP contribution in [0.1, 0.15) is 21.7 Å². The third kappa shape index (κ3) is 3.80. The Morgan fingerprint density at radius 3 is 2.67 bits per heavy atom. The number of carbonyl (C=O) groups is 2. The summed E-state index contributed by atoms with van der Waals surface area (Å²) in [6, 6.07) is 9.89. The van der Waals surface area contributed by atoms with E-state index in [0.717, 1.165) is 5.56 Å². The molecule has 1 aliphatic rings. The number of likely N-dealkylation sites (N-methyl/N-ethyl adjacent to an activating group) is 1. The Kier molecular flexibility index (Phi) is 5.31. The first-order valence-electron chi connectivity index (χ1n) is 9.41. The van der Waals surface area contributed by atoms with Crippen molar-refractivity contribution in [3.05, 3.63) is 59.1 Å². The number of amides is 1. The zero-order valence-electron chi connectivity index (χ0n) is 16.6. The molecule has 8 heteroatoms. The van der Waals surface area contributed by atoms with Gasteiger partial charge in [0, 0.05) is 24.5 Å². The fraction of sp³-hybridized carbons (Fsp3) is 0.273. The molecule has 0 bridgehead atoms. The maximum atomic E-state index is 13.9. The predicted molar refractivity (Wildman–Crippen MR) is 105 cm³/mol. The summed E-state index contributed by atoms with van der Waals surface area (Å²) in [6.45, 7) is 2.47. The number of rotatable bonds is 5. The average Bonchev–Trinajstić information content (AvgIpc) is 3.09. The Balaban J connectivity index is 1.38. The summed E-state index contributed by atoms with van der Waals surface area (Å²) in [5, 5.41) is 0.490. The predicted octanol–water partition coefficient (Wildman–Crippen LogP) is 3.47. The first-order chi connectivity index (χ1) is 14.4. The number of halogens is 1. The molecule has 0 aliphatic carbocycles. The van der Waals surface area contributed by atoms with Gasteiger partial charge in [-0.25, -0.2) is 9.18 Å². The quantitative estimate of drug-likeness (QED) is 0.596. The van der Waals surface area contributed by atoms with E-state index in [4.69, 9.17) is 18.6 Å². The van der Waals surface area contributed by atoms with Gasteiger partial charge in [-0.15, -0.1) is 0 Å². The highest BCUT2D eigenvalue weighted by molar-refractivity contribution is 5.96. The zero-order valence-corrected chi connectivity index (χ0v) is 16.6. The van der Waals surface area contributed by atoms with Crippen molar-refractivity contribution in [1.82, 2.24) is 4.90 Å². The number of carbonyl (C=O) groups excluding carboxylic acids is 2. The lowest BCUT2D eigenvalue weighted by molar-refractivity contribution is -0.133. The second-order valence-corrected chi connectivity index (χ2v) is 6.98. The summed E-state index contributed by atoms with van der Waals surface area (Å²) in [7, 11) is 1.61. The number of hydrogen-bond acceptors (Lipinski definition) is 6. The molecule has 30 heavy (non-hydrogen) atoms. The summed E-state index contributed by atoms with van der Waals surface area (Å²) in [4.78, 5) is 26.2. The number of ether oxygens (including phenoxy) is 3. The Bertz CT molecular complexity index is 1120. The molecule has 4 rings (SSSR count). The minimum absolute atomic E-state index is 0.0102. The average molecular weight is 413 g/mol. The van der Waals surface area contributed by atoms with Crippen LogP contribution in [0.25, 0.3) is 11.0 Å². The van der Waals surface area contributed by atoms with E-state index in [1.807, 2.05) is 12.1 Å². The molecule has 3 aromatic rings. The van der Waals surface area contributed by atoms with Gasteiger partial charge in [-0.1, -0.05) is 18.2 Å². The van der Waals surface area contributed by atoms with Crippen LogP contribution in [0.2, 0.25) is 0 Å². The largest absolute Gasteiger partial charge is 0.486 e. The van der Waals surface area contributed by atoms with Crippen LogP contribution in [0.3, 0.4) is 0 Å². The third-order valence-electron chi connectivity index (χ3n) is 4.88. The Labute approximate surface area is 171 Å². The third-order valence-corrected chi connectivity index (χ3v) is 4.88. The van der Waals surface area contributed by atoms with Crippen LogP contribution in [-0.4, -0.2) is 43.6 Å². The van der Waals surface area contributed by atoms with E-state index in [0.29, 0.717) is 42.2 Å². The van der Waals surface area contributed by atoms with Gasteiger partial charge in [0.05, 0.1) is 0 Å². The van der Waals surface area contributed by atoms with E-state index in [2.05, 4.69) is 0 Å². The van der Waals surface area contributed by atoms with E-state index in [-0.39, 0.29) is 11.3 Å². The number of nitrogens with zero attached hydrogens (tertiary/aromatic N) is 1. The molecule has 1 aromatic heterocycles. The highest BCUT2D eigenvalue weighted by atomic mass is 19.1. The van der Waals surface area contributed by atoms with Crippen molar-refractivity contribution in [1.29, 1.82) is 0 Å². The molecule has 0 radical (unpaired) electrons. The first-order valence-corrected chi connectivity index (χ1v) is 9.41. The summed E-state index contributed by atoms with van der Waals surface area (Å²) in [5.74, 6) is -0.575. The highest BCUT2D eigenvalue weighted by Gasteiger charge is 2.22. The number of hydrogen-bond donors (Lipinski definition) is 0. The zero-order chi connectivity index (χ0) is 21.3. The van der Waals surface area contributed by atoms with E-state index in [1.54, 1.807) is 26.1 Å². The highest BCUT2D eigenvalue weighted by Crippen LogP contribution is 2.31. The lowest BCUT2D eigenvalue weighted by atomic mass is 10.1. The monoisotopic (exact) mass is 413 g/mol. The topological polar surface area (TPSA) is 78.2 Å². The van der Waals surface area contributed by atoms with Gasteiger partial charge in [0.25, 0.3) is 5.91 Å². The van der Waals surface area contributed by atoms with Gasteiger partial charge in [0.15, 0.2) is 29.5 Å². The van der Waals surface area contributed by atoms with Crippen molar-refractivity contribution in [3.63, 3.8) is 0 Å². The fourth-order valence-electron chi connectivity index (χ4n) is 3.25. The van der Waals surface area contributed by atoms with E-state index < -0.39 is 24.3 Å². The van der Waals surface area contributed by atoms with Crippen molar-refractivity contribution in [2.45, 2.75) is 13.5 Å². The second-order valence-electron chi connectivity index (χ2n) is 6.98. The number of para-hydroxylation sites is 1. The molecule has 7 nitrogen and oxygen atoms in total. The number of benzene rings is 2. The van der Waals surface area contributed by atoms with E-state index in [1.165, 1.54) is 17.0 Å². The Morgan fingerprint density at radius 1 is 1.13 bits per heavy atom. The van der Waals surface area contributed by atoms with Crippen LogP contribution < -0.4 is 9.47 Å². The van der Waals surface area contributed by atoms with Crippen molar-refractivity contribution in [2.75, 3.05) is 26.9 Å². The Hall–Kier alpha value is -3.55. The van der Waals surface area contributed by atoms with Crippen LogP contribution in [0.15, 0.2) is 40.8 Å². The van der Waals surface area contributed by atoms with Crippen LogP contribution in [-0.2, 0) is 16.1 Å². The van der Waals surface area contributed by atoms with Crippen molar-refractivity contribution >= 4 is 22.8 Å². The lowest BCUT2D eigenvalue weighted by Crippen LogP contribution is -2.31. The molecule has 2 aromatic carbocycles.